The van der Waals surface area contributed by atoms with E-state index in [0.717, 1.165) is 11.8 Å². The zero-order valence-electron chi connectivity index (χ0n) is 10.3. The third-order valence-corrected chi connectivity index (χ3v) is 3.23. The molecule has 0 atom stereocenters. The van der Waals surface area contributed by atoms with Gasteiger partial charge in [0.1, 0.15) is 18.2 Å². The SMILES string of the molecule is NC(=O)CSc1nnc(COc2ccc(F)cc2)n1N. The van der Waals surface area contributed by atoms with Crippen LogP contribution in [0.15, 0.2) is 29.4 Å². The monoisotopic (exact) mass is 297 g/mol. The quantitative estimate of drug-likeness (QED) is 0.586. The predicted molar refractivity (Wildman–Crippen MR) is 70.8 cm³/mol. The fourth-order valence-electron chi connectivity index (χ4n) is 1.32. The molecule has 20 heavy (non-hydrogen) atoms. The van der Waals surface area contributed by atoms with Crippen LogP contribution in [0, 0.1) is 5.82 Å². The second kappa shape index (κ2) is 6.24. The molecule has 2 rings (SSSR count). The Morgan fingerprint density at radius 2 is 2.05 bits per heavy atom. The summed E-state index contributed by atoms with van der Waals surface area (Å²) >= 11 is 1.08. The number of carbonyl (C=O) groups excluding carboxylic acids is 1. The molecule has 0 fully saturated rings. The molecule has 4 N–H and O–H groups in total. The lowest BCUT2D eigenvalue weighted by atomic mass is 10.3. The van der Waals surface area contributed by atoms with E-state index in [0.29, 0.717) is 16.7 Å². The van der Waals surface area contributed by atoms with Crippen LogP contribution in [0.4, 0.5) is 4.39 Å². The minimum absolute atomic E-state index is 0.0636. The van der Waals surface area contributed by atoms with Gasteiger partial charge in [-0.05, 0) is 24.3 Å². The van der Waals surface area contributed by atoms with Crippen molar-refractivity contribution < 1.29 is 13.9 Å². The lowest BCUT2D eigenvalue weighted by molar-refractivity contribution is -0.115. The summed E-state index contributed by atoms with van der Waals surface area (Å²) < 4.78 is 19.3. The summed E-state index contributed by atoms with van der Waals surface area (Å²) in [4.78, 5) is 10.7. The van der Waals surface area contributed by atoms with Crippen LogP contribution in [0.1, 0.15) is 5.82 Å². The lowest BCUT2D eigenvalue weighted by Gasteiger charge is -2.05. The summed E-state index contributed by atoms with van der Waals surface area (Å²) in [7, 11) is 0. The Morgan fingerprint density at radius 1 is 1.35 bits per heavy atom. The number of nitrogens with two attached hydrogens (primary N) is 2. The van der Waals surface area contributed by atoms with Crippen LogP contribution in [0.5, 0.6) is 5.75 Å². The van der Waals surface area contributed by atoms with Gasteiger partial charge in [-0.1, -0.05) is 11.8 Å². The van der Waals surface area contributed by atoms with Gasteiger partial charge in [-0.15, -0.1) is 10.2 Å². The first-order valence-electron chi connectivity index (χ1n) is 5.55. The second-order valence-electron chi connectivity index (χ2n) is 3.77. The second-order valence-corrected chi connectivity index (χ2v) is 4.71. The third-order valence-electron chi connectivity index (χ3n) is 2.26. The standard InChI is InChI=1S/C11H12FN5O2S/c12-7-1-3-8(4-2-7)19-5-10-15-16-11(17(10)14)20-6-9(13)18/h1-4H,5-6,14H2,(H2,13,18). The molecule has 0 saturated heterocycles. The summed E-state index contributed by atoms with van der Waals surface area (Å²) in [6.45, 7) is 0.0757. The highest BCUT2D eigenvalue weighted by molar-refractivity contribution is 7.99. The Kier molecular flexibility index (Phi) is 4.41. The average Bonchev–Trinajstić information content (AvgIpc) is 2.77. The molecule has 0 aliphatic rings. The summed E-state index contributed by atoms with van der Waals surface area (Å²) in [5.41, 5.74) is 5.03. The van der Waals surface area contributed by atoms with E-state index in [-0.39, 0.29) is 18.2 Å². The number of thioether (sulfide) groups is 1. The first-order valence-corrected chi connectivity index (χ1v) is 6.53. The van der Waals surface area contributed by atoms with E-state index < -0.39 is 5.91 Å². The molecular weight excluding hydrogens is 285 g/mol. The maximum atomic E-state index is 12.7. The molecule has 106 valence electrons. The highest BCUT2D eigenvalue weighted by Crippen LogP contribution is 2.16. The number of halogens is 1. The average molecular weight is 297 g/mol. The van der Waals surface area contributed by atoms with E-state index in [1.807, 2.05) is 0 Å². The lowest BCUT2D eigenvalue weighted by Crippen LogP contribution is -2.18. The molecule has 1 amide bonds. The predicted octanol–water partition coefficient (Wildman–Crippen LogP) is 0.287. The van der Waals surface area contributed by atoms with Crippen LogP contribution >= 0.6 is 11.8 Å². The number of nitrogens with zero attached hydrogens (tertiary/aromatic N) is 3. The Labute approximate surface area is 118 Å². The van der Waals surface area contributed by atoms with Crippen LogP contribution in [-0.2, 0) is 11.4 Å². The van der Waals surface area contributed by atoms with E-state index >= 15 is 0 Å². The van der Waals surface area contributed by atoms with Gasteiger partial charge >= 0.3 is 0 Å². The summed E-state index contributed by atoms with van der Waals surface area (Å²) in [5.74, 6) is 5.87. The maximum Gasteiger partial charge on any atom is 0.227 e. The van der Waals surface area contributed by atoms with Crippen LogP contribution < -0.4 is 16.3 Å². The van der Waals surface area contributed by atoms with Gasteiger partial charge < -0.3 is 16.3 Å². The van der Waals surface area contributed by atoms with Crippen molar-refractivity contribution in [1.82, 2.24) is 14.9 Å². The maximum absolute atomic E-state index is 12.7. The summed E-state index contributed by atoms with van der Waals surface area (Å²) in [6.07, 6.45) is 0. The molecule has 9 heteroatoms. The number of nitrogen functional groups attached to an aromatic ring is 1. The number of aromatic nitrogens is 3. The molecule has 1 heterocycles. The first-order chi connectivity index (χ1) is 9.56. The third kappa shape index (κ3) is 3.60. The Morgan fingerprint density at radius 3 is 2.70 bits per heavy atom. The molecule has 0 unspecified atom stereocenters. The number of amides is 1. The zero-order valence-corrected chi connectivity index (χ0v) is 11.1. The van der Waals surface area contributed by atoms with Crippen molar-refractivity contribution in [3.8, 4) is 5.75 Å². The van der Waals surface area contributed by atoms with E-state index in [2.05, 4.69) is 10.2 Å². The Bertz CT molecular complexity index is 601. The molecule has 0 saturated carbocycles. The molecule has 0 radical (unpaired) electrons. The number of hydrogen-bond donors (Lipinski definition) is 2. The van der Waals surface area contributed by atoms with Crippen LogP contribution in [0.2, 0.25) is 0 Å². The van der Waals surface area contributed by atoms with Crippen molar-refractivity contribution in [1.29, 1.82) is 0 Å². The smallest absolute Gasteiger partial charge is 0.227 e. The largest absolute Gasteiger partial charge is 0.486 e. The molecule has 1 aromatic carbocycles. The first kappa shape index (κ1) is 14.1. The van der Waals surface area contributed by atoms with Gasteiger partial charge in [0.15, 0.2) is 5.82 Å². The summed E-state index contributed by atoms with van der Waals surface area (Å²) in [6, 6.07) is 5.57. The van der Waals surface area contributed by atoms with Gasteiger partial charge in [0.25, 0.3) is 0 Å². The van der Waals surface area contributed by atoms with Crippen molar-refractivity contribution in [2.75, 3.05) is 11.6 Å². The van der Waals surface area contributed by atoms with Gasteiger partial charge in [0.05, 0.1) is 5.75 Å². The topological polar surface area (TPSA) is 109 Å². The van der Waals surface area contributed by atoms with Gasteiger partial charge in [0.2, 0.25) is 11.1 Å². The van der Waals surface area contributed by atoms with Crippen molar-refractivity contribution in [3.05, 3.63) is 35.9 Å². The number of ether oxygens (including phenoxy) is 1. The number of hydrogen-bond acceptors (Lipinski definition) is 6. The molecule has 0 spiro atoms. The fourth-order valence-corrected chi connectivity index (χ4v) is 1.93. The summed E-state index contributed by atoms with van der Waals surface area (Å²) in [5, 5.41) is 8.02. The van der Waals surface area contributed by atoms with Gasteiger partial charge in [0, 0.05) is 0 Å². The van der Waals surface area contributed by atoms with Crippen LogP contribution in [0.25, 0.3) is 0 Å². The molecular formula is C11H12FN5O2S. The van der Waals surface area contributed by atoms with Gasteiger partial charge in [-0.25, -0.2) is 9.07 Å². The van der Waals surface area contributed by atoms with Crippen molar-refractivity contribution in [3.63, 3.8) is 0 Å². The number of benzene rings is 1. The van der Waals surface area contributed by atoms with Crippen molar-refractivity contribution in [2.45, 2.75) is 11.8 Å². The van der Waals surface area contributed by atoms with Gasteiger partial charge in [-0.3, -0.25) is 4.79 Å². The van der Waals surface area contributed by atoms with E-state index in [4.69, 9.17) is 16.3 Å². The van der Waals surface area contributed by atoms with Crippen LogP contribution in [0.3, 0.4) is 0 Å². The molecule has 0 aliphatic heterocycles. The Hall–Kier alpha value is -2.29. The minimum atomic E-state index is -0.470. The minimum Gasteiger partial charge on any atom is -0.486 e. The van der Waals surface area contributed by atoms with E-state index in [9.17, 15) is 9.18 Å². The fraction of sp³-hybridized carbons (Fsp3) is 0.182. The number of rotatable bonds is 6. The van der Waals surface area contributed by atoms with E-state index in [1.165, 1.54) is 28.9 Å². The molecule has 2 aromatic rings. The zero-order chi connectivity index (χ0) is 14.5. The van der Waals surface area contributed by atoms with Crippen LogP contribution in [-0.4, -0.2) is 26.5 Å². The normalized spacial score (nSPS) is 10.4. The Balaban J connectivity index is 1.96. The van der Waals surface area contributed by atoms with E-state index in [1.54, 1.807) is 0 Å². The molecule has 0 aliphatic carbocycles. The van der Waals surface area contributed by atoms with Crippen molar-refractivity contribution >= 4 is 17.7 Å². The highest BCUT2D eigenvalue weighted by Gasteiger charge is 2.11. The molecule has 0 bridgehead atoms. The van der Waals surface area contributed by atoms with Crippen molar-refractivity contribution in [2.24, 2.45) is 5.73 Å². The number of carbonyl (C=O) groups is 1. The highest BCUT2D eigenvalue weighted by atomic mass is 32.2. The molecule has 7 nitrogen and oxygen atoms in total. The molecule has 1 aromatic heterocycles. The number of primary amides is 1. The van der Waals surface area contributed by atoms with Gasteiger partial charge in [-0.2, -0.15) is 0 Å².